The number of halogens is 7. The van der Waals surface area contributed by atoms with Crippen LogP contribution in [0.15, 0.2) is 5.57 Å². The molecule has 0 amide bonds. The molecule has 0 radical (unpaired) electrons. The highest BCUT2D eigenvalue weighted by molar-refractivity contribution is 5.74. The van der Waals surface area contributed by atoms with Crippen molar-refractivity contribution in [2.75, 3.05) is 0 Å². The Labute approximate surface area is 90.4 Å². The summed E-state index contributed by atoms with van der Waals surface area (Å²) in [6.07, 6.45) is 0. The predicted octanol–water partition coefficient (Wildman–Crippen LogP) is 4.05. The van der Waals surface area contributed by atoms with E-state index in [4.69, 9.17) is 0 Å². The number of hydrogen-bond donors (Lipinski definition) is 0. The Morgan fingerprint density at radius 2 is 1.24 bits per heavy atom. The largest absolute Gasteiger partial charge is 0.301 e. The minimum atomic E-state index is -4.20. The Bertz CT molecular complexity index is 557. The van der Waals surface area contributed by atoms with Crippen molar-refractivity contribution in [3.8, 4) is 0 Å². The molecular formula is C10H3F7. The highest BCUT2D eigenvalue weighted by Gasteiger charge is 2.50. The van der Waals surface area contributed by atoms with Gasteiger partial charge in [0.05, 0.1) is 11.1 Å². The summed E-state index contributed by atoms with van der Waals surface area (Å²) in [6, 6.07) is 0. The van der Waals surface area contributed by atoms with Crippen LogP contribution in [0.25, 0.3) is 5.83 Å². The number of allylic oxidation sites excluding steroid dienone is 1. The molecule has 1 aromatic rings. The molecule has 0 heterocycles. The van der Waals surface area contributed by atoms with E-state index in [9.17, 15) is 30.7 Å². The molecule has 0 unspecified atom stereocenters. The van der Waals surface area contributed by atoms with Crippen molar-refractivity contribution in [2.24, 2.45) is 0 Å². The number of hydrogen-bond acceptors (Lipinski definition) is 0. The molecule has 0 bridgehead atoms. The number of fused-ring (bicyclic) bond motifs is 1. The van der Waals surface area contributed by atoms with Crippen molar-refractivity contribution in [1.82, 2.24) is 0 Å². The zero-order valence-corrected chi connectivity index (χ0v) is 8.15. The van der Waals surface area contributed by atoms with E-state index in [1.54, 1.807) is 0 Å². The Balaban J connectivity index is 2.96. The van der Waals surface area contributed by atoms with Crippen LogP contribution in [0.3, 0.4) is 0 Å². The Kier molecular flexibility index (Phi) is 2.28. The summed E-state index contributed by atoms with van der Waals surface area (Å²) >= 11 is 0. The normalized spacial score (nSPS) is 17.6. The van der Waals surface area contributed by atoms with Gasteiger partial charge < -0.3 is 0 Å². The van der Waals surface area contributed by atoms with Crippen LogP contribution < -0.4 is 0 Å². The highest BCUT2D eigenvalue weighted by Crippen LogP contribution is 2.51. The maximum atomic E-state index is 13.3. The lowest BCUT2D eigenvalue weighted by Crippen LogP contribution is -2.16. The van der Waals surface area contributed by atoms with Crippen molar-refractivity contribution in [3.05, 3.63) is 40.0 Å². The van der Waals surface area contributed by atoms with Crippen LogP contribution in [0.4, 0.5) is 30.7 Å². The molecule has 7 heteroatoms. The lowest BCUT2D eigenvalue weighted by atomic mass is 10.0. The van der Waals surface area contributed by atoms with Crippen molar-refractivity contribution in [3.63, 3.8) is 0 Å². The first kappa shape index (κ1) is 11.9. The average Bonchev–Trinajstić information content (AvgIpc) is 2.44. The minimum Gasteiger partial charge on any atom is -0.206 e. The number of benzene rings is 1. The molecule has 0 N–H and O–H groups in total. The van der Waals surface area contributed by atoms with Gasteiger partial charge in [0.15, 0.2) is 23.3 Å². The van der Waals surface area contributed by atoms with Gasteiger partial charge in [0, 0.05) is 5.57 Å². The van der Waals surface area contributed by atoms with E-state index >= 15 is 0 Å². The van der Waals surface area contributed by atoms with Gasteiger partial charge in [0.2, 0.25) is 0 Å². The minimum absolute atomic E-state index is 0.587. The van der Waals surface area contributed by atoms with Crippen LogP contribution in [0.1, 0.15) is 18.1 Å². The van der Waals surface area contributed by atoms with Crippen molar-refractivity contribution in [1.29, 1.82) is 0 Å². The third-order valence-electron chi connectivity index (χ3n) is 2.60. The van der Waals surface area contributed by atoms with Gasteiger partial charge >= 0.3 is 5.92 Å². The van der Waals surface area contributed by atoms with Crippen molar-refractivity contribution in [2.45, 2.75) is 12.8 Å². The van der Waals surface area contributed by atoms with Gasteiger partial charge in [-0.25, -0.2) is 22.0 Å². The molecule has 0 aliphatic heterocycles. The smallest absolute Gasteiger partial charge is 0.206 e. The van der Waals surface area contributed by atoms with Crippen LogP contribution in [0.5, 0.6) is 0 Å². The second-order valence-corrected chi connectivity index (χ2v) is 3.52. The summed E-state index contributed by atoms with van der Waals surface area (Å²) in [5, 5.41) is 0. The molecule has 0 saturated heterocycles. The first-order chi connectivity index (χ1) is 7.71. The van der Waals surface area contributed by atoms with E-state index in [0.29, 0.717) is 6.92 Å². The molecule has 2 rings (SSSR count). The van der Waals surface area contributed by atoms with E-state index in [2.05, 4.69) is 0 Å². The summed E-state index contributed by atoms with van der Waals surface area (Å²) in [7, 11) is 0. The van der Waals surface area contributed by atoms with Crippen LogP contribution in [-0.4, -0.2) is 0 Å². The van der Waals surface area contributed by atoms with Crippen LogP contribution >= 0.6 is 0 Å². The van der Waals surface area contributed by atoms with E-state index in [0.717, 1.165) is 0 Å². The quantitative estimate of drug-likeness (QED) is 0.373. The third-order valence-corrected chi connectivity index (χ3v) is 2.60. The maximum absolute atomic E-state index is 13.3. The monoisotopic (exact) mass is 256 g/mol. The molecule has 1 aliphatic rings. The standard InChI is InChI=1S/C10H3F7/c1-2-5(11)3-4(10(2,16)17)7(13)9(15)8(14)6(3)12/h1H3. The molecule has 0 nitrogen and oxygen atoms in total. The van der Waals surface area contributed by atoms with E-state index in [1.165, 1.54) is 0 Å². The molecule has 0 spiro atoms. The first-order valence-corrected chi connectivity index (χ1v) is 4.32. The van der Waals surface area contributed by atoms with Crippen LogP contribution in [0.2, 0.25) is 0 Å². The van der Waals surface area contributed by atoms with E-state index in [-0.39, 0.29) is 0 Å². The number of alkyl halides is 2. The SMILES string of the molecule is CC1=C(F)c2c(F)c(F)c(F)c(F)c2C1(F)F. The van der Waals surface area contributed by atoms with Gasteiger partial charge in [0.25, 0.3) is 0 Å². The topological polar surface area (TPSA) is 0 Å². The van der Waals surface area contributed by atoms with Crippen LogP contribution in [0, 0.1) is 23.3 Å². The summed E-state index contributed by atoms with van der Waals surface area (Å²) < 4.78 is 91.7. The highest BCUT2D eigenvalue weighted by atomic mass is 19.3. The fourth-order valence-corrected chi connectivity index (χ4v) is 1.65. The molecule has 1 aliphatic carbocycles. The molecule has 1 aromatic carbocycles. The maximum Gasteiger partial charge on any atom is 0.301 e. The molecule has 92 valence electrons. The molecule has 0 fully saturated rings. The molecule has 0 aromatic heterocycles. The number of rotatable bonds is 0. The summed E-state index contributed by atoms with van der Waals surface area (Å²) in [6.45, 7) is 0.587. The van der Waals surface area contributed by atoms with Crippen molar-refractivity contribution < 1.29 is 30.7 Å². The average molecular weight is 256 g/mol. The van der Waals surface area contributed by atoms with Gasteiger partial charge in [-0.1, -0.05) is 0 Å². The Hall–Kier alpha value is -1.53. The summed E-state index contributed by atoms with van der Waals surface area (Å²) in [4.78, 5) is 0. The van der Waals surface area contributed by atoms with E-state index in [1.807, 2.05) is 0 Å². The summed E-state index contributed by atoms with van der Waals surface area (Å²) in [5.41, 5.74) is -4.64. The molecular weight excluding hydrogens is 253 g/mol. The van der Waals surface area contributed by atoms with Gasteiger partial charge in [-0.3, -0.25) is 0 Å². The van der Waals surface area contributed by atoms with Gasteiger partial charge in [-0.05, 0) is 6.92 Å². The first-order valence-electron chi connectivity index (χ1n) is 4.32. The second kappa shape index (κ2) is 3.24. The molecule has 0 saturated carbocycles. The Morgan fingerprint density at radius 1 is 0.765 bits per heavy atom. The third kappa shape index (κ3) is 1.25. The van der Waals surface area contributed by atoms with Crippen molar-refractivity contribution >= 4 is 5.83 Å². The lowest BCUT2D eigenvalue weighted by molar-refractivity contribution is 0.0367. The zero-order valence-electron chi connectivity index (χ0n) is 8.15. The predicted molar refractivity (Wildman–Crippen MR) is 43.9 cm³/mol. The van der Waals surface area contributed by atoms with E-state index < -0.39 is 51.7 Å². The fraction of sp³-hybridized carbons (Fsp3) is 0.200. The molecule has 0 atom stereocenters. The fourth-order valence-electron chi connectivity index (χ4n) is 1.65. The summed E-state index contributed by atoms with van der Waals surface area (Å²) in [5.74, 6) is -15.1. The lowest BCUT2D eigenvalue weighted by Gasteiger charge is -2.13. The van der Waals surface area contributed by atoms with Gasteiger partial charge in [-0.2, -0.15) is 8.78 Å². The zero-order chi connectivity index (χ0) is 13.1. The van der Waals surface area contributed by atoms with Crippen LogP contribution in [-0.2, 0) is 5.92 Å². The van der Waals surface area contributed by atoms with Gasteiger partial charge in [-0.15, -0.1) is 0 Å². The molecule has 17 heavy (non-hydrogen) atoms. The van der Waals surface area contributed by atoms with Gasteiger partial charge in [0.1, 0.15) is 5.83 Å². The Morgan fingerprint density at radius 3 is 1.76 bits per heavy atom. The second-order valence-electron chi connectivity index (χ2n) is 3.52.